The highest BCUT2D eigenvalue weighted by molar-refractivity contribution is 5.94. The zero-order valence-electron chi connectivity index (χ0n) is 16.3. The summed E-state index contributed by atoms with van der Waals surface area (Å²) < 4.78 is 0. The van der Waals surface area contributed by atoms with E-state index < -0.39 is 0 Å². The van der Waals surface area contributed by atoms with Crippen LogP contribution < -0.4 is 10.6 Å². The molecular formula is C20H39N3O2. The van der Waals surface area contributed by atoms with E-state index >= 15 is 0 Å². The van der Waals surface area contributed by atoms with Gasteiger partial charge in [-0.25, -0.2) is 14.5 Å². The van der Waals surface area contributed by atoms with Crippen LogP contribution >= 0.6 is 0 Å². The average Bonchev–Trinajstić information content (AvgIpc) is 3.04. The summed E-state index contributed by atoms with van der Waals surface area (Å²) in [6, 6.07) is -0.539. The first-order valence-corrected chi connectivity index (χ1v) is 10.6. The molecule has 0 aromatic rings. The van der Waals surface area contributed by atoms with Gasteiger partial charge in [0.25, 0.3) is 0 Å². The van der Waals surface area contributed by atoms with Gasteiger partial charge in [0.05, 0.1) is 0 Å². The second-order valence-corrected chi connectivity index (χ2v) is 7.21. The molecule has 1 saturated heterocycles. The summed E-state index contributed by atoms with van der Waals surface area (Å²) in [6.07, 6.45) is 18.6. The van der Waals surface area contributed by atoms with E-state index in [1.54, 1.807) is 0 Å². The summed E-state index contributed by atoms with van der Waals surface area (Å²) in [6.45, 7) is 3.97. The lowest BCUT2D eigenvalue weighted by Gasteiger charge is -2.13. The third-order valence-corrected chi connectivity index (χ3v) is 4.91. The molecule has 0 bridgehead atoms. The van der Waals surface area contributed by atoms with Crippen LogP contribution in [0.2, 0.25) is 0 Å². The van der Waals surface area contributed by atoms with Crippen LogP contribution in [0, 0.1) is 0 Å². The topological polar surface area (TPSA) is 61.4 Å². The van der Waals surface area contributed by atoms with Crippen LogP contribution in [0.3, 0.4) is 0 Å². The fourth-order valence-electron chi connectivity index (χ4n) is 3.28. The molecule has 25 heavy (non-hydrogen) atoms. The molecule has 5 nitrogen and oxygen atoms in total. The van der Waals surface area contributed by atoms with Crippen LogP contribution in [0.15, 0.2) is 0 Å². The molecule has 2 N–H and O–H groups in total. The third-order valence-electron chi connectivity index (χ3n) is 4.91. The number of unbranched alkanes of at least 4 members (excludes halogenated alkanes) is 13. The number of amides is 4. The van der Waals surface area contributed by atoms with Crippen LogP contribution in [0.1, 0.15) is 96.8 Å². The second kappa shape index (κ2) is 15.0. The van der Waals surface area contributed by atoms with Gasteiger partial charge in [0.1, 0.15) is 0 Å². The number of carbonyl (C=O) groups is 2. The molecule has 0 aliphatic carbocycles. The number of nitrogens with one attached hydrogen (secondary N) is 2. The Morgan fingerprint density at radius 3 is 1.80 bits per heavy atom. The number of urea groups is 2. The number of nitrogens with zero attached hydrogens (tertiary/aromatic N) is 1. The van der Waals surface area contributed by atoms with E-state index in [1.807, 2.05) is 0 Å². The van der Waals surface area contributed by atoms with Crippen LogP contribution in [0.5, 0.6) is 0 Å². The Kier molecular flexibility index (Phi) is 13.1. The summed E-state index contributed by atoms with van der Waals surface area (Å²) in [5, 5.41) is 5.46. The van der Waals surface area contributed by atoms with Crippen molar-refractivity contribution in [1.82, 2.24) is 15.5 Å². The Labute approximate surface area is 154 Å². The SMILES string of the molecule is CCCCCCCCCCCCCCCCNC(=O)N1CCNC1=O. The standard InChI is InChI=1S/C20H39N3O2/c1-2-3-4-5-6-7-8-9-10-11-12-13-14-15-16-21-19(24)23-18-17-22-20(23)25/h2-18H2,1H3,(H,21,24)(H,22,25). The Hall–Kier alpha value is -1.26. The Morgan fingerprint density at radius 1 is 0.880 bits per heavy atom. The quantitative estimate of drug-likeness (QED) is 0.397. The normalized spacial score (nSPS) is 14.0. The molecule has 5 heteroatoms. The van der Waals surface area contributed by atoms with Gasteiger partial charge in [-0.15, -0.1) is 0 Å². The molecule has 0 spiro atoms. The second-order valence-electron chi connectivity index (χ2n) is 7.21. The lowest BCUT2D eigenvalue weighted by atomic mass is 10.0. The van der Waals surface area contributed by atoms with E-state index in [0.717, 1.165) is 12.8 Å². The zero-order chi connectivity index (χ0) is 18.2. The highest BCUT2D eigenvalue weighted by atomic mass is 16.2. The monoisotopic (exact) mass is 353 g/mol. The maximum absolute atomic E-state index is 11.7. The summed E-state index contributed by atoms with van der Waals surface area (Å²) in [5.41, 5.74) is 0. The van der Waals surface area contributed by atoms with E-state index in [9.17, 15) is 9.59 Å². The molecule has 1 rings (SSSR count). The highest BCUT2D eigenvalue weighted by Gasteiger charge is 2.25. The Balaban J connectivity index is 1.76. The van der Waals surface area contributed by atoms with E-state index in [0.29, 0.717) is 19.6 Å². The number of imide groups is 1. The fraction of sp³-hybridized carbons (Fsp3) is 0.900. The van der Waals surface area contributed by atoms with Gasteiger partial charge in [0.15, 0.2) is 0 Å². The molecule has 0 saturated carbocycles. The molecule has 0 unspecified atom stereocenters. The van der Waals surface area contributed by atoms with Crippen LogP contribution in [-0.4, -0.2) is 36.6 Å². The summed E-state index contributed by atoms with van der Waals surface area (Å²) >= 11 is 0. The number of hydrogen-bond acceptors (Lipinski definition) is 2. The van der Waals surface area contributed by atoms with Crippen molar-refractivity contribution < 1.29 is 9.59 Å². The molecule has 1 heterocycles. The smallest absolute Gasteiger partial charge is 0.325 e. The first-order chi connectivity index (χ1) is 12.3. The predicted molar refractivity (Wildman–Crippen MR) is 104 cm³/mol. The van der Waals surface area contributed by atoms with Gasteiger partial charge in [0.2, 0.25) is 0 Å². The lowest BCUT2D eigenvalue weighted by molar-refractivity contribution is 0.199. The zero-order valence-corrected chi connectivity index (χ0v) is 16.3. The average molecular weight is 354 g/mol. The molecule has 4 amide bonds. The van der Waals surface area contributed by atoms with Crippen molar-refractivity contribution in [1.29, 1.82) is 0 Å². The lowest BCUT2D eigenvalue weighted by Crippen LogP contribution is -2.42. The van der Waals surface area contributed by atoms with Crippen molar-refractivity contribution in [3.05, 3.63) is 0 Å². The first kappa shape index (κ1) is 21.8. The molecule has 0 atom stereocenters. The molecule has 1 aliphatic heterocycles. The van der Waals surface area contributed by atoms with Crippen LogP contribution in [-0.2, 0) is 0 Å². The number of hydrogen-bond donors (Lipinski definition) is 2. The van der Waals surface area contributed by atoms with Crippen molar-refractivity contribution in [2.75, 3.05) is 19.6 Å². The molecule has 0 aromatic carbocycles. The van der Waals surface area contributed by atoms with E-state index in [4.69, 9.17) is 0 Å². The van der Waals surface area contributed by atoms with Gasteiger partial charge in [-0.3, -0.25) is 0 Å². The Morgan fingerprint density at radius 2 is 1.36 bits per heavy atom. The van der Waals surface area contributed by atoms with Crippen molar-refractivity contribution in [3.8, 4) is 0 Å². The van der Waals surface area contributed by atoms with E-state index in [-0.39, 0.29) is 12.1 Å². The summed E-state index contributed by atoms with van der Waals surface area (Å²) in [4.78, 5) is 24.3. The Bertz CT molecular complexity index is 361. The third kappa shape index (κ3) is 11.1. The van der Waals surface area contributed by atoms with Gasteiger partial charge >= 0.3 is 12.1 Å². The first-order valence-electron chi connectivity index (χ1n) is 10.6. The largest absolute Gasteiger partial charge is 0.338 e. The van der Waals surface area contributed by atoms with Gasteiger partial charge in [-0.2, -0.15) is 0 Å². The van der Waals surface area contributed by atoms with E-state index in [1.165, 1.54) is 81.9 Å². The van der Waals surface area contributed by atoms with Gasteiger partial charge in [0, 0.05) is 19.6 Å². The molecule has 1 aliphatic rings. The maximum Gasteiger partial charge on any atom is 0.325 e. The van der Waals surface area contributed by atoms with Crippen molar-refractivity contribution in [3.63, 3.8) is 0 Å². The molecule has 0 aromatic heterocycles. The van der Waals surface area contributed by atoms with Crippen molar-refractivity contribution >= 4 is 12.1 Å². The minimum absolute atomic E-state index is 0.260. The number of carbonyl (C=O) groups excluding carboxylic acids is 2. The molecule has 1 fully saturated rings. The minimum atomic E-state index is -0.279. The summed E-state index contributed by atoms with van der Waals surface area (Å²) in [7, 11) is 0. The maximum atomic E-state index is 11.7. The van der Waals surface area contributed by atoms with Crippen LogP contribution in [0.25, 0.3) is 0 Å². The van der Waals surface area contributed by atoms with Gasteiger partial charge < -0.3 is 10.6 Å². The molecule has 146 valence electrons. The number of rotatable bonds is 15. The van der Waals surface area contributed by atoms with Gasteiger partial charge in [-0.1, -0.05) is 90.4 Å². The highest BCUT2D eigenvalue weighted by Crippen LogP contribution is 2.12. The van der Waals surface area contributed by atoms with Gasteiger partial charge in [-0.05, 0) is 6.42 Å². The summed E-state index contributed by atoms with van der Waals surface area (Å²) in [5.74, 6) is 0. The predicted octanol–water partition coefficient (Wildman–Crippen LogP) is 5.20. The molecular weight excluding hydrogens is 314 g/mol. The van der Waals surface area contributed by atoms with E-state index in [2.05, 4.69) is 17.6 Å². The minimum Gasteiger partial charge on any atom is -0.338 e. The van der Waals surface area contributed by atoms with Crippen molar-refractivity contribution in [2.24, 2.45) is 0 Å². The van der Waals surface area contributed by atoms with Crippen LogP contribution in [0.4, 0.5) is 9.59 Å². The fourth-order valence-corrected chi connectivity index (χ4v) is 3.28. The van der Waals surface area contributed by atoms with Crippen molar-refractivity contribution in [2.45, 2.75) is 96.8 Å². The molecule has 0 radical (unpaired) electrons.